The molecular weight excluding hydrogens is 248 g/mol. The minimum Gasteiger partial charge on any atom is -0.480 e. The zero-order valence-corrected chi connectivity index (χ0v) is 10.4. The quantitative estimate of drug-likeness (QED) is 0.308. The van der Waals surface area contributed by atoms with Gasteiger partial charge >= 0.3 is 5.97 Å². The average Bonchev–Trinajstić information content (AvgIpc) is 2.19. The van der Waals surface area contributed by atoms with Gasteiger partial charge in [0.25, 0.3) is 10.1 Å². The lowest BCUT2D eigenvalue weighted by molar-refractivity contribution is -0.139. The van der Waals surface area contributed by atoms with Crippen LogP contribution in [0.2, 0.25) is 0 Å². The van der Waals surface area contributed by atoms with Gasteiger partial charge in [-0.1, -0.05) is 6.42 Å². The van der Waals surface area contributed by atoms with Gasteiger partial charge in [-0.25, -0.2) is 0 Å². The third kappa shape index (κ3) is 10.2. The number of aliphatic carboxylic acids is 1. The van der Waals surface area contributed by atoms with Crippen LogP contribution in [0, 0.1) is 0 Å². The third-order valence-electron chi connectivity index (χ3n) is 2.21. The molecule has 0 spiro atoms. The Labute approximate surface area is 101 Å². The van der Waals surface area contributed by atoms with Crippen LogP contribution >= 0.6 is 0 Å². The lowest BCUT2D eigenvalue weighted by atomic mass is 10.1. The summed E-state index contributed by atoms with van der Waals surface area (Å²) in [4.78, 5) is 10.8. The van der Waals surface area contributed by atoms with E-state index in [0.29, 0.717) is 19.4 Å². The summed E-state index contributed by atoms with van der Waals surface area (Å²) < 4.78 is 29.3. The molecule has 0 rings (SSSR count). The van der Waals surface area contributed by atoms with E-state index in [1.165, 1.54) is 0 Å². The highest BCUT2D eigenvalue weighted by molar-refractivity contribution is 7.85. The van der Waals surface area contributed by atoms with E-state index in [4.69, 9.17) is 15.4 Å². The van der Waals surface area contributed by atoms with Gasteiger partial charge in [-0.3, -0.25) is 9.35 Å². The number of hydrogen-bond acceptors (Lipinski definition) is 5. The Morgan fingerprint density at radius 3 is 2.41 bits per heavy atom. The standard InChI is InChI=1S/C9H20N2O5S/c10-5-2-1-4-8(9(12)13)11-6-3-7-17(14,15)16/h8,11H,1-7,10H2,(H,12,13)(H,14,15,16). The fourth-order valence-corrected chi connectivity index (χ4v) is 1.85. The highest BCUT2D eigenvalue weighted by Crippen LogP contribution is 2.01. The molecule has 0 aliphatic heterocycles. The number of nitrogens with two attached hydrogens (primary N) is 1. The summed E-state index contributed by atoms with van der Waals surface area (Å²) in [5.41, 5.74) is 5.30. The van der Waals surface area contributed by atoms with Gasteiger partial charge in [0, 0.05) is 0 Å². The van der Waals surface area contributed by atoms with E-state index < -0.39 is 22.1 Å². The van der Waals surface area contributed by atoms with Crippen LogP contribution in [0.25, 0.3) is 0 Å². The molecule has 0 fully saturated rings. The number of carboxylic acid groups (broad SMARTS) is 1. The highest BCUT2D eigenvalue weighted by atomic mass is 32.2. The summed E-state index contributed by atoms with van der Waals surface area (Å²) in [6, 6.07) is -0.692. The van der Waals surface area contributed by atoms with Crippen LogP contribution in [-0.4, -0.2) is 48.9 Å². The Hall–Kier alpha value is -0.700. The van der Waals surface area contributed by atoms with Crippen LogP contribution < -0.4 is 11.1 Å². The first-order valence-electron chi connectivity index (χ1n) is 5.48. The molecule has 0 aromatic heterocycles. The van der Waals surface area contributed by atoms with Crippen molar-refractivity contribution in [2.75, 3.05) is 18.8 Å². The van der Waals surface area contributed by atoms with Crippen LogP contribution in [-0.2, 0) is 14.9 Å². The molecule has 0 bridgehead atoms. The zero-order chi connectivity index (χ0) is 13.3. The average molecular weight is 268 g/mol. The van der Waals surface area contributed by atoms with Crippen molar-refractivity contribution in [3.63, 3.8) is 0 Å². The Kier molecular flexibility index (Phi) is 8.05. The van der Waals surface area contributed by atoms with Gasteiger partial charge in [0.05, 0.1) is 5.75 Å². The fraction of sp³-hybridized carbons (Fsp3) is 0.889. The minimum atomic E-state index is -3.97. The second kappa shape index (κ2) is 8.40. The van der Waals surface area contributed by atoms with Crippen molar-refractivity contribution in [1.82, 2.24) is 5.32 Å². The van der Waals surface area contributed by atoms with E-state index >= 15 is 0 Å². The summed E-state index contributed by atoms with van der Waals surface area (Å²) in [7, 11) is -3.97. The molecule has 0 saturated carbocycles. The SMILES string of the molecule is NCCCCC(NCCCS(=O)(=O)O)C(=O)O. The highest BCUT2D eigenvalue weighted by Gasteiger charge is 2.15. The number of unbranched alkanes of at least 4 members (excludes halogenated alkanes) is 1. The van der Waals surface area contributed by atoms with Gasteiger partial charge in [0.15, 0.2) is 0 Å². The topological polar surface area (TPSA) is 130 Å². The molecule has 7 nitrogen and oxygen atoms in total. The molecule has 0 aliphatic carbocycles. The van der Waals surface area contributed by atoms with E-state index in [2.05, 4.69) is 5.32 Å². The lowest BCUT2D eigenvalue weighted by Gasteiger charge is -2.13. The first-order chi connectivity index (χ1) is 7.87. The van der Waals surface area contributed by atoms with Crippen LogP contribution in [0.3, 0.4) is 0 Å². The van der Waals surface area contributed by atoms with Crippen LogP contribution in [0.5, 0.6) is 0 Å². The Balaban J connectivity index is 3.81. The molecule has 8 heteroatoms. The Bertz CT molecular complexity index is 317. The molecule has 0 aromatic rings. The smallest absolute Gasteiger partial charge is 0.320 e. The van der Waals surface area contributed by atoms with Gasteiger partial charge in [0.2, 0.25) is 0 Å². The van der Waals surface area contributed by atoms with E-state index in [0.717, 1.165) is 6.42 Å². The van der Waals surface area contributed by atoms with Crippen molar-refractivity contribution >= 4 is 16.1 Å². The summed E-state index contributed by atoms with van der Waals surface area (Å²) in [5, 5.41) is 11.6. The van der Waals surface area contributed by atoms with Crippen molar-refractivity contribution in [3.8, 4) is 0 Å². The van der Waals surface area contributed by atoms with Crippen LogP contribution in [0.4, 0.5) is 0 Å². The van der Waals surface area contributed by atoms with Gasteiger partial charge in [-0.2, -0.15) is 8.42 Å². The summed E-state index contributed by atoms with van der Waals surface area (Å²) in [6.45, 7) is 0.758. The van der Waals surface area contributed by atoms with Crippen molar-refractivity contribution in [2.45, 2.75) is 31.7 Å². The van der Waals surface area contributed by atoms with Crippen LogP contribution in [0.15, 0.2) is 0 Å². The van der Waals surface area contributed by atoms with Crippen molar-refractivity contribution in [2.24, 2.45) is 5.73 Å². The van der Waals surface area contributed by atoms with Gasteiger partial charge < -0.3 is 16.2 Å². The first kappa shape index (κ1) is 16.3. The summed E-state index contributed by atoms with van der Waals surface area (Å²) >= 11 is 0. The second-order valence-corrected chi connectivity index (χ2v) is 5.34. The van der Waals surface area contributed by atoms with E-state index in [1.54, 1.807) is 0 Å². The molecule has 5 N–H and O–H groups in total. The Morgan fingerprint density at radius 1 is 1.29 bits per heavy atom. The van der Waals surface area contributed by atoms with Crippen LogP contribution in [0.1, 0.15) is 25.7 Å². The van der Waals surface area contributed by atoms with E-state index in [-0.39, 0.29) is 18.7 Å². The molecule has 102 valence electrons. The molecule has 0 aromatic carbocycles. The maximum absolute atomic E-state index is 10.8. The number of carbonyl (C=O) groups is 1. The van der Waals surface area contributed by atoms with Gasteiger partial charge in [0.1, 0.15) is 6.04 Å². The predicted octanol–water partition coefficient (Wildman–Crippen LogP) is -0.564. The number of carboxylic acids is 1. The number of hydrogen-bond donors (Lipinski definition) is 4. The fourth-order valence-electron chi connectivity index (χ4n) is 1.34. The second-order valence-electron chi connectivity index (χ2n) is 3.77. The molecular formula is C9H20N2O5S. The molecule has 0 saturated heterocycles. The summed E-state index contributed by atoms with van der Waals surface area (Å²) in [5.74, 6) is -1.33. The number of nitrogens with one attached hydrogen (secondary N) is 1. The van der Waals surface area contributed by atoms with Crippen molar-refractivity contribution in [1.29, 1.82) is 0 Å². The van der Waals surface area contributed by atoms with E-state index in [1.807, 2.05) is 0 Å². The minimum absolute atomic E-state index is 0.180. The largest absolute Gasteiger partial charge is 0.480 e. The first-order valence-corrected chi connectivity index (χ1v) is 7.09. The van der Waals surface area contributed by atoms with Gasteiger partial charge in [-0.15, -0.1) is 0 Å². The van der Waals surface area contributed by atoms with Crippen molar-refractivity contribution < 1.29 is 22.9 Å². The lowest BCUT2D eigenvalue weighted by Crippen LogP contribution is -2.37. The van der Waals surface area contributed by atoms with Gasteiger partial charge in [-0.05, 0) is 32.4 Å². The molecule has 1 unspecified atom stereocenters. The maximum atomic E-state index is 10.8. The summed E-state index contributed by atoms with van der Waals surface area (Å²) in [6.07, 6.45) is 2.10. The molecule has 17 heavy (non-hydrogen) atoms. The monoisotopic (exact) mass is 268 g/mol. The third-order valence-corrected chi connectivity index (χ3v) is 3.02. The maximum Gasteiger partial charge on any atom is 0.320 e. The molecule has 0 aliphatic rings. The number of rotatable bonds is 10. The van der Waals surface area contributed by atoms with Crippen molar-refractivity contribution in [3.05, 3.63) is 0 Å². The zero-order valence-electron chi connectivity index (χ0n) is 9.63. The normalized spacial score (nSPS) is 13.5. The molecule has 0 radical (unpaired) electrons. The predicted molar refractivity (Wildman–Crippen MR) is 63.4 cm³/mol. The molecule has 0 heterocycles. The molecule has 1 atom stereocenters. The van der Waals surface area contributed by atoms with E-state index in [9.17, 15) is 13.2 Å². The molecule has 0 amide bonds. The Morgan fingerprint density at radius 2 is 1.94 bits per heavy atom.